The lowest BCUT2D eigenvalue weighted by Gasteiger charge is -2.10. The molecular formula is C18H18N2O3S3. The average molecular weight is 407 g/mol. The Morgan fingerprint density at radius 2 is 1.96 bits per heavy atom. The van der Waals surface area contributed by atoms with Gasteiger partial charge in [0, 0.05) is 11.3 Å². The molecule has 136 valence electrons. The van der Waals surface area contributed by atoms with E-state index in [0.717, 1.165) is 14.6 Å². The lowest BCUT2D eigenvalue weighted by molar-refractivity contribution is 0.102. The Hall–Kier alpha value is -1.90. The highest BCUT2D eigenvalue weighted by atomic mass is 32.2. The van der Waals surface area contributed by atoms with Gasteiger partial charge in [-0.1, -0.05) is 17.8 Å². The zero-order chi connectivity index (χ0) is 18.9. The van der Waals surface area contributed by atoms with Crippen LogP contribution < -0.4 is 5.32 Å². The fourth-order valence-electron chi connectivity index (χ4n) is 2.36. The summed E-state index contributed by atoms with van der Waals surface area (Å²) in [6.07, 6.45) is 1.97. The quantitative estimate of drug-likeness (QED) is 0.634. The molecule has 0 radical (unpaired) electrons. The zero-order valence-corrected chi connectivity index (χ0v) is 17.0. The minimum absolute atomic E-state index is 0.155. The molecule has 0 unspecified atom stereocenters. The molecule has 3 rings (SSSR count). The number of nitrogens with zero attached hydrogens (tertiary/aromatic N) is 1. The molecule has 3 aromatic rings. The summed E-state index contributed by atoms with van der Waals surface area (Å²) in [5, 5.41) is 2.28. The Kier molecular flexibility index (Phi) is 5.36. The van der Waals surface area contributed by atoms with Gasteiger partial charge in [0.15, 0.2) is 14.2 Å². The third-order valence-electron chi connectivity index (χ3n) is 3.85. The second-order valence-electron chi connectivity index (χ2n) is 5.94. The first-order valence-electron chi connectivity index (χ1n) is 7.91. The smallest absolute Gasteiger partial charge is 0.255 e. The van der Waals surface area contributed by atoms with Crippen LogP contribution >= 0.6 is 23.1 Å². The van der Waals surface area contributed by atoms with Gasteiger partial charge in [-0.05, 0) is 56.5 Å². The van der Waals surface area contributed by atoms with Crippen molar-refractivity contribution in [1.82, 2.24) is 4.98 Å². The van der Waals surface area contributed by atoms with Gasteiger partial charge in [0.25, 0.3) is 5.91 Å². The van der Waals surface area contributed by atoms with Crippen LogP contribution in [-0.2, 0) is 9.84 Å². The van der Waals surface area contributed by atoms with E-state index in [0.29, 0.717) is 11.3 Å². The van der Waals surface area contributed by atoms with Gasteiger partial charge in [0.05, 0.1) is 20.4 Å². The molecule has 5 nitrogen and oxygen atoms in total. The predicted octanol–water partition coefficient (Wildman–Crippen LogP) is 4.45. The molecule has 0 fully saturated rings. The lowest BCUT2D eigenvalue weighted by atomic mass is 10.2. The molecule has 8 heteroatoms. The van der Waals surface area contributed by atoms with Gasteiger partial charge in [0.1, 0.15) is 0 Å². The van der Waals surface area contributed by atoms with Crippen LogP contribution in [0.25, 0.3) is 10.2 Å². The molecule has 1 N–H and O–H groups in total. The molecule has 1 aromatic heterocycles. The van der Waals surface area contributed by atoms with Crippen molar-refractivity contribution in [2.24, 2.45) is 0 Å². The van der Waals surface area contributed by atoms with Crippen molar-refractivity contribution >= 4 is 54.7 Å². The first-order chi connectivity index (χ1) is 12.3. The molecule has 0 spiro atoms. The summed E-state index contributed by atoms with van der Waals surface area (Å²) in [6.45, 7) is 3.24. The summed E-state index contributed by atoms with van der Waals surface area (Å²) in [5.74, 6) is -0.347. The third-order valence-corrected chi connectivity index (χ3v) is 8.00. The van der Waals surface area contributed by atoms with E-state index in [2.05, 4.69) is 10.3 Å². The van der Waals surface area contributed by atoms with E-state index in [1.54, 1.807) is 55.1 Å². The summed E-state index contributed by atoms with van der Waals surface area (Å²) in [7, 11) is -3.42. The Morgan fingerprint density at radius 1 is 1.19 bits per heavy atom. The molecule has 0 aliphatic carbocycles. The number of rotatable bonds is 5. The summed E-state index contributed by atoms with van der Waals surface area (Å²) >= 11 is 3.15. The molecule has 0 aliphatic rings. The minimum Gasteiger partial charge on any atom is -0.322 e. The van der Waals surface area contributed by atoms with Crippen molar-refractivity contribution in [1.29, 1.82) is 0 Å². The SMILES string of the molecule is CSc1nc2ccc(NC(=O)c3cccc(S(=O)(=O)C(C)C)c3)cc2s1. The van der Waals surface area contributed by atoms with Gasteiger partial charge in [-0.2, -0.15) is 0 Å². The normalized spacial score (nSPS) is 11.8. The van der Waals surface area contributed by atoms with Crippen LogP contribution in [0.1, 0.15) is 24.2 Å². The Bertz CT molecular complexity index is 1070. The highest BCUT2D eigenvalue weighted by Crippen LogP contribution is 2.30. The van der Waals surface area contributed by atoms with E-state index in [1.165, 1.54) is 12.1 Å². The standard InChI is InChI=1S/C18H18N2O3S3/c1-11(2)26(22,23)14-6-4-5-12(9-14)17(21)19-13-7-8-15-16(10-13)25-18(20-15)24-3/h4-11H,1-3H3,(H,19,21). The predicted molar refractivity (Wildman–Crippen MR) is 108 cm³/mol. The summed E-state index contributed by atoms with van der Waals surface area (Å²) < 4.78 is 26.6. The lowest BCUT2D eigenvalue weighted by Crippen LogP contribution is -2.16. The maximum Gasteiger partial charge on any atom is 0.255 e. The number of sulfone groups is 1. The van der Waals surface area contributed by atoms with E-state index in [1.807, 2.05) is 18.4 Å². The molecule has 0 saturated carbocycles. The van der Waals surface area contributed by atoms with E-state index < -0.39 is 15.1 Å². The summed E-state index contributed by atoms with van der Waals surface area (Å²) in [4.78, 5) is 17.2. The summed E-state index contributed by atoms with van der Waals surface area (Å²) in [6, 6.07) is 11.6. The molecule has 1 amide bonds. The number of carbonyl (C=O) groups is 1. The molecule has 2 aromatic carbocycles. The zero-order valence-electron chi connectivity index (χ0n) is 14.5. The summed E-state index contributed by atoms with van der Waals surface area (Å²) in [5.41, 5.74) is 1.85. The number of amides is 1. The second-order valence-corrected chi connectivity index (χ2v) is 10.5. The maximum absolute atomic E-state index is 12.5. The highest BCUT2D eigenvalue weighted by Gasteiger charge is 2.20. The van der Waals surface area contributed by atoms with Crippen molar-refractivity contribution in [2.45, 2.75) is 28.3 Å². The third kappa shape index (κ3) is 3.77. The number of thioether (sulfide) groups is 1. The van der Waals surface area contributed by atoms with Crippen LogP contribution in [0.15, 0.2) is 51.7 Å². The number of fused-ring (bicyclic) bond motifs is 1. The fraction of sp³-hybridized carbons (Fsp3) is 0.222. The Labute approximate surface area is 160 Å². The van der Waals surface area contributed by atoms with Crippen molar-refractivity contribution < 1.29 is 13.2 Å². The second kappa shape index (κ2) is 7.38. The van der Waals surface area contributed by atoms with Crippen molar-refractivity contribution in [2.75, 3.05) is 11.6 Å². The van der Waals surface area contributed by atoms with Crippen molar-refractivity contribution in [3.05, 3.63) is 48.0 Å². The number of nitrogens with one attached hydrogen (secondary N) is 1. The first kappa shape index (κ1) is 18.9. The van der Waals surface area contributed by atoms with Crippen molar-refractivity contribution in [3.63, 3.8) is 0 Å². The van der Waals surface area contributed by atoms with Crippen LogP contribution in [0.3, 0.4) is 0 Å². The van der Waals surface area contributed by atoms with E-state index in [9.17, 15) is 13.2 Å². The van der Waals surface area contributed by atoms with Crippen molar-refractivity contribution in [3.8, 4) is 0 Å². The maximum atomic E-state index is 12.5. The van der Waals surface area contributed by atoms with E-state index in [4.69, 9.17) is 0 Å². The molecule has 1 heterocycles. The largest absolute Gasteiger partial charge is 0.322 e. The number of thiazole rings is 1. The number of benzene rings is 2. The number of anilines is 1. The van der Waals surface area contributed by atoms with Crippen LogP contribution in [0.2, 0.25) is 0 Å². The first-order valence-corrected chi connectivity index (χ1v) is 11.5. The average Bonchev–Trinajstić information content (AvgIpc) is 3.04. The van der Waals surface area contributed by atoms with Gasteiger partial charge in [-0.3, -0.25) is 4.79 Å². The van der Waals surface area contributed by atoms with Gasteiger partial charge >= 0.3 is 0 Å². The van der Waals surface area contributed by atoms with Crippen LogP contribution in [0.5, 0.6) is 0 Å². The number of hydrogen-bond donors (Lipinski definition) is 1. The number of aromatic nitrogens is 1. The fourth-order valence-corrected chi connectivity index (χ4v) is 4.99. The molecular weight excluding hydrogens is 388 g/mol. The molecule has 0 atom stereocenters. The van der Waals surface area contributed by atoms with E-state index >= 15 is 0 Å². The molecule has 0 bridgehead atoms. The van der Waals surface area contributed by atoms with Crippen LogP contribution in [-0.4, -0.2) is 30.8 Å². The Morgan fingerprint density at radius 3 is 2.65 bits per heavy atom. The van der Waals surface area contributed by atoms with Gasteiger partial charge < -0.3 is 5.32 Å². The molecule has 0 saturated heterocycles. The topological polar surface area (TPSA) is 76.1 Å². The van der Waals surface area contributed by atoms with Crippen LogP contribution in [0.4, 0.5) is 5.69 Å². The highest BCUT2D eigenvalue weighted by molar-refractivity contribution is 8.00. The van der Waals surface area contributed by atoms with Gasteiger partial charge in [0.2, 0.25) is 0 Å². The van der Waals surface area contributed by atoms with Gasteiger partial charge in [-0.15, -0.1) is 11.3 Å². The monoisotopic (exact) mass is 406 g/mol. The molecule has 26 heavy (non-hydrogen) atoms. The minimum atomic E-state index is -3.42. The van der Waals surface area contributed by atoms with E-state index in [-0.39, 0.29) is 10.8 Å². The Balaban J connectivity index is 1.86. The van der Waals surface area contributed by atoms with Gasteiger partial charge in [-0.25, -0.2) is 13.4 Å². The number of hydrogen-bond acceptors (Lipinski definition) is 6. The molecule has 0 aliphatic heterocycles. The number of carbonyl (C=O) groups excluding carboxylic acids is 1. The van der Waals surface area contributed by atoms with Crippen LogP contribution in [0, 0.1) is 0 Å².